The SMILES string of the molecule is COCCc1ccc(OC[C@@H](O)CNC(C)C)cc1.O=C(O)c1ccccc1O. The van der Waals surface area contributed by atoms with Gasteiger partial charge in [0.05, 0.1) is 6.61 Å². The van der Waals surface area contributed by atoms with E-state index in [9.17, 15) is 9.90 Å². The molecule has 2 aromatic carbocycles. The summed E-state index contributed by atoms with van der Waals surface area (Å²) in [5.41, 5.74) is 1.15. The predicted octanol–water partition coefficient (Wildman–Crippen LogP) is 2.70. The van der Waals surface area contributed by atoms with E-state index in [2.05, 4.69) is 5.32 Å². The summed E-state index contributed by atoms with van der Waals surface area (Å²) in [5.74, 6) is -0.530. The molecule has 0 heterocycles. The Hall–Kier alpha value is -2.61. The van der Waals surface area contributed by atoms with Gasteiger partial charge in [0.2, 0.25) is 0 Å². The third-order valence-electron chi connectivity index (χ3n) is 3.86. The molecule has 0 aliphatic rings. The van der Waals surface area contributed by atoms with Gasteiger partial charge in [0.25, 0.3) is 0 Å². The van der Waals surface area contributed by atoms with Gasteiger partial charge in [-0.1, -0.05) is 38.1 Å². The van der Waals surface area contributed by atoms with Gasteiger partial charge in [0.1, 0.15) is 29.8 Å². The van der Waals surface area contributed by atoms with Crippen molar-refractivity contribution in [3.8, 4) is 11.5 Å². The molecular formula is C22H31NO6. The Morgan fingerprint density at radius 2 is 1.76 bits per heavy atom. The molecule has 0 aromatic heterocycles. The van der Waals surface area contributed by atoms with Crippen LogP contribution in [0.1, 0.15) is 29.8 Å². The number of carboxylic acid groups (broad SMARTS) is 1. The van der Waals surface area contributed by atoms with E-state index in [1.165, 1.54) is 17.7 Å². The first kappa shape index (κ1) is 24.4. The Kier molecular flexibility index (Phi) is 11.4. The number of carbonyl (C=O) groups is 1. The fourth-order valence-electron chi connectivity index (χ4n) is 2.25. The van der Waals surface area contributed by atoms with Crippen LogP contribution in [0.25, 0.3) is 0 Å². The maximum absolute atomic E-state index is 10.3. The number of phenols is 1. The number of benzene rings is 2. The van der Waals surface area contributed by atoms with Crippen LogP contribution in [0.2, 0.25) is 0 Å². The third-order valence-corrected chi connectivity index (χ3v) is 3.86. The fraction of sp³-hybridized carbons (Fsp3) is 0.409. The van der Waals surface area contributed by atoms with E-state index in [1.54, 1.807) is 19.2 Å². The first-order chi connectivity index (χ1) is 13.8. The van der Waals surface area contributed by atoms with E-state index >= 15 is 0 Å². The lowest BCUT2D eigenvalue weighted by Crippen LogP contribution is -2.35. The van der Waals surface area contributed by atoms with Crippen molar-refractivity contribution in [2.24, 2.45) is 0 Å². The van der Waals surface area contributed by atoms with Crippen molar-refractivity contribution in [3.05, 3.63) is 59.7 Å². The van der Waals surface area contributed by atoms with Crippen LogP contribution in [0, 0.1) is 0 Å². The lowest BCUT2D eigenvalue weighted by Gasteiger charge is -2.15. The smallest absolute Gasteiger partial charge is 0.339 e. The lowest BCUT2D eigenvalue weighted by atomic mass is 10.1. The van der Waals surface area contributed by atoms with Crippen molar-refractivity contribution in [1.82, 2.24) is 5.32 Å². The number of aromatic carboxylic acids is 1. The minimum Gasteiger partial charge on any atom is -0.507 e. The van der Waals surface area contributed by atoms with Crippen molar-refractivity contribution < 1.29 is 29.6 Å². The fourth-order valence-corrected chi connectivity index (χ4v) is 2.25. The Labute approximate surface area is 171 Å². The number of hydrogen-bond donors (Lipinski definition) is 4. The van der Waals surface area contributed by atoms with Gasteiger partial charge in [-0.25, -0.2) is 4.79 Å². The number of ether oxygens (including phenoxy) is 2. The average Bonchev–Trinajstić information content (AvgIpc) is 2.70. The monoisotopic (exact) mass is 405 g/mol. The molecule has 7 nitrogen and oxygen atoms in total. The molecule has 0 saturated heterocycles. The number of rotatable bonds is 10. The highest BCUT2D eigenvalue weighted by molar-refractivity contribution is 5.90. The molecule has 7 heteroatoms. The molecule has 0 aliphatic carbocycles. The van der Waals surface area contributed by atoms with Crippen LogP contribution in [0.15, 0.2) is 48.5 Å². The molecule has 2 rings (SSSR count). The number of methoxy groups -OCH3 is 1. The number of carboxylic acids is 1. The zero-order valence-electron chi connectivity index (χ0n) is 17.2. The number of aliphatic hydroxyl groups excluding tert-OH is 1. The van der Waals surface area contributed by atoms with E-state index in [0.29, 0.717) is 19.2 Å². The van der Waals surface area contributed by atoms with Crippen LogP contribution in [0.5, 0.6) is 11.5 Å². The van der Waals surface area contributed by atoms with E-state index in [4.69, 9.17) is 19.7 Å². The van der Waals surface area contributed by atoms with Gasteiger partial charge in [-0.05, 0) is 36.2 Å². The minimum atomic E-state index is -1.11. The average molecular weight is 405 g/mol. The number of para-hydroxylation sites is 1. The molecule has 0 spiro atoms. The zero-order chi connectivity index (χ0) is 21.6. The molecule has 0 fully saturated rings. The maximum atomic E-state index is 10.3. The molecule has 0 bridgehead atoms. The molecule has 160 valence electrons. The van der Waals surface area contributed by atoms with Gasteiger partial charge in [0, 0.05) is 19.7 Å². The second-order valence-corrected chi connectivity index (χ2v) is 6.74. The first-order valence-electron chi connectivity index (χ1n) is 9.46. The maximum Gasteiger partial charge on any atom is 0.339 e. The van der Waals surface area contributed by atoms with Crippen LogP contribution >= 0.6 is 0 Å². The zero-order valence-corrected chi connectivity index (χ0v) is 17.2. The Bertz CT molecular complexity index is 717. The summed E-state index contributed by atoms with van der Waals surface area (Å²) in [6, 6.07) is 14.1. The second kappa shape index (κ2) is 13.5. The minimum absolute atomic E-state index is 0.0671. The molecule has 0 unspecified atom stereocenters. The summed E-state index contributed by atoms with van der Waals surface area (Å²) < 4.78 is 10.6. The number of aliphatic hydroxyl groups is 1. The van der Waals surface area contributed by atoms with E-state index < -0.39 is 12.1 Å². The normalized spacial score (nSPS) is 11.5. The van der Waals surface area contributed by atoms with Crippen LogP contribution in [0.3, 0.4) is 0 Å². The Morgan fingerprint density at radius 1 is 1.10 bits per heavy atom. The molecule has 0 radical (unpaired) electrons. The quantitative estimate of drug-likeness (QED) is 0.481. The summed E-state index contributed by atoms with van der Waals surface area (Å²) in [5, 5.41) is 30.2. The Morgan fingerprint density at radius 3 is 2.28 bits per heavy atom. The first-order valence-corrected chi connectivity index (χ1v) is 9.46. The summed E-state index contributed by atoms with van der Waals surface area (Å²) >= 11 is 0. The van der Waals surface area contributed by atoms with Crippen LogP contribution in [-0.4, -0.2) is 60.3 Å². The number of hydrogen-bond acceptors (Lipinski definition) is 6. The highest BCUT2D eigenvalue weighted by atomic mass is 16.5. The highest BCUT2D eigenvalue weighted by Gasteiger charge is 2.06. The largest absolute Gasteiger partial charge is 0.507 e. The third kappa shape index (κ3) is 10.5. The van der Waals surface area contributed by atoms with Gasteiger partial charge in [-0.2, -0.15) is 0 Å². The summed E-state index contributed by atoms with van der Waals surface area (Å²) in [6.45, 7) is 5.67. The van der Waals surface area contributed by atoms with E-state index in [1.807, 2.05) is 38.1 Å². The van der Waals surface area contributed by atoms with Gasteiger partial charge >= 0.3 is 5.97 Å². The standard InChI is InChI=1S/C15H25NO3.C7H6O3/c1-12(2)16-10-14(17)11-19-15-6-4-13(5-7-15)8-9-18-3;8-6-4-2-1-3-5(6)7(9)10/h4-7,12,14,16-17H,8-11H2,1-3H3;1-4,8H,(H,9,10)/t14-;/m0./s1. The molecule has 4 N–H and O–H groups in total. The second-order valence-electron chi connectivity index (χ2n) is 6.74. The number of aromatic hydroxyl groups is 1. The van der Waals surface area contributed by atoms with Gasteiger partial charge < -0.3 is 30.1 Å². The molecule has 1 atom stereocenters. The molecule has 0 saturated carbocycles. The van der Waals surface area contributed by atoms with Crippen LogP contribution in [-0.2, 0) is 11.2 Å². The molecule has 29 heavy (non-hydrogen) atoms. The van der Waals surface area contributed by atoms with Gasteiger partial charge in [-0.3, -0.25) is 0 Å². The van der Waals surface area contributed by atoms with Crippen molar-refractivity contribution in [1.29, 1.82) is 0 Å². The Balaban J connectivity index is 0.000000352. The topological polar surface area (TPSA) is 108 Å². The van der Waals surface area contributed by atoms with Crippen molar-refractivity contribution in [2.45, 2.75) is 32.4 Å². The summed E-state index contributed by atoms with van der Waals surface area (Å²) in [4.78, 5) is 10.3. The van der Waals surface area contributed by atoms with Gasteiger partial charge in [0.15, 0.2) is 0 Å². The van der Waals surface area contributed by atoms with Crippen LogP contribution < -0.4 is 10.1 Å². The number of nitrogens with one attached hydrogen (secondary N) is 1. The summed E-state index contributed by atoms with van der Waals surface area (Å²) in [7, 11) is 1.70. The van der Waals surface area contributed by atoms with Crippen molar-refractivity contribution in [3.63, 3.8) is 0 Å². The van der Waals surface area contributed by atoms with E-state index in [-0.39, 0.29) is 11.3 Å². The lowest BCUT2D eigenvalue weighted by molar-refractivity contribution is 0.0693. The van der Waals surface area contributed by atoms with Crippen molar-refractivity contribution in [2.75, 3.05) is 26.9 Å². The van der Waals surface area contributed by atoms with E-state index in [0.717, 1.165) is 18.8 Å². The van der Waals surface area contributed by atoms with Gasteiger partial charge in [-0.15, -0.1) is 0 Å². The van der Waals surface area contributed by atoms with Crippen molar-refractivity contribution >= 4 is 5.97 Å². The predicted molar refractivity (Wildman–Crippen MR) is 112 cm³/mol. The molecular weight excluding hydrogens is 374 g/mol. The molecule has 0 amide bonds. The summed E-state index contributed by atoms with van der Waals surface area (Å²) in [6.07, 6.45) is 0.410. The van der Waals surface area contributed by atoms with Crippen LogP contribution in [0.4, 0.5) is 0 Å². The highest BCUT2D eigenvalue weighted by Crippen LogP contribution is 2.14. The molecule has 2 aromatic rings. The molecule has 0 aliphatic heterocycles.